The molecule has 0 saturated heterocycles. The van der Waals surface area contributed by atoms with Crippen molar-refractivity contribution in [2.75, 3.05) is 18.5 Å². The normalized spacial score (nSPS) is 11.6. The van der Waals surface area contributed by atoms with Gasteiger partial charge >= 0.3 is 11.9 Å². The Bertz CT molecular complexity index is 1630. The third-order valence-electron chi connectivity index (χ3n) is 6.01. The Kier molecular flexibility index (Phi) is 8.37. The maximum absolute atomic E-state index is 13.5. The van der Waals surface area contributed by atoms with Crippen LogP contribution in [-0.4, -0.2) is 37.2 Å². The number of hydrogen-bond acceptors (Lipinski definition) is 9. The predicted octanol–water partition coefficient (Wildman–Crippen LogP) is 5.43. The van der Waals surface area contributed by atoms with E-state index in [0.29, 0.717) is 11.1 Å². The van der Waals surface area contributed by atoms with Crippen molar-refractivity contribution in [1.29, 1.82) is 0 Å². The molecule has 1 amide bonds. The molecular formula is C30H29NO9. The number of carbonyl (C=O) groups excluding carboxylic acids is 3. The average Bonchev–Trinajstić information content (AvgIpc) is 3.26. The van der Waals surface area contributed by atoms with E-state index in [1.807, 2.05) is 19.1 Å². The summed E-state index contributed by atoms with van der Waals surface area (Å²) in [6.45, 7) is 8.12. The monoisotopic (exact) mass is 547 g/mol. The number of hydrogen-bond donors (Lipinski definition) is 1. The summed E-state index contributed by atoms with van der Waals surface area (Å²) in [6, 6.07) is 14.0. The minimum Gasteiger partial charge on any atom is -0.473 e. The number of furan rings is 1. The maximum Gasteiger partial charge on any atom is 0.344 e. The van der Waals surface area contributed by atoms with E-state index in [1.165, 1.54) is 13.8 Å². The summed E-state index contributed by atoms with van der Waals surface area (Å²) in [5, 5.41) is 2.76. The number of esters is 2. The summed E-state index contributed by atoms with van der Waals surface area (Å²) in [5.41, 5.74) is 1.08. The quantitative estimate of drug-likeness (QED) is 0.272. The van der Waals surface area contributed by atoms with Gasteiger partial charge in [0.2, 0.25) is 17.1 Å². The van der Waals surface area contributed by atoms with Crippen molar-refractivity contribution in [2.45, 2.75) is 40.7 Å². The number of para-hydroxylation sites is 1. The summed E-state index contributed by atoms with van der Waals surface area (Å²) in [7, 11) is 0. The molecule has 0 aliphatic rings. The zero-order valence-electron chi connectivity index (χ0n) is 22.8. The zero-order chi connectivity index (χ0) is 29.0. The first kappa shape index (κ1) is 28.2. The lowest BCUT2D eigenvalue weighted by Gasteiger charge is -2.17. The van der Waals surface area contributed by atoms with E-state index in [2.05, 4.69) is 5.32 Å². The molecule has 0 radical (unpaired) electrons. The van der Waals surface area contributed by atoms with Crippen LogP contribution < -0.4 is 15.5 Å². The number of benzene rings is 2. The smallest absolute Gasteiger partial charge is 0.344 e. The van der Waals surface area contributed by atoms with Crippen molar-refractivity contribution in [3.05, 3.63) is 81.2 Å². The summed E-state index contributed by atoms with van der Waals surface area (Å²) in [4.78, 5) is 51.9. The molecule has 0 aliphatic heterocycles. The van der Waals surface area contributed by atoms with E-state index in [4.69, 9.17) is 23.0 Å². The highest BCUT2D eigenvalue weighted by atomic mass is 16.5. The molecule has 0 bridgehead atoms. The number of nitrogens with one attached hydrogen (secondary N) is 1. The Morgan fingerprint density at radius 1 is 0.875 bits per heavy atom. The van der Waals surface area contributed by atoms with Crippen LogP contribution in [0.3, 0.4) is 0 Å². The van der Waals surface area contributed by atoms with Crippen LogP contribution in [0.2, 0.25) is 0 Å². The van der Waals surface area contributed by atoms with E-state index < -0.39 is 29.4 Å². The SMILES string of the molecule is CCOC(=O)c1c(C)oc(NC(=O)C(C)Oc2c(-c3ccc(C)cc3)oc3ccccc3c2=O)c1C(=O)OCC. The highest BCUT2D eigenvalue weighted by Gasteiger charge is 2.32. The predicted molar refractivity (Wildman–Crippen MR) is 147 cm³/mol. The van der Waals surface area contributed by atoms with E-state index in [1.54, 1.807) is 50.2 Å². The van der Waals surface area contributed by atoms with E-state index in [0.717, 1.165) is 5.56 Å². The van der Waals surface area contributed by atoms with Gasteiger partial charge in [-0.1, -0.05) is 42.0 Å². The molecule has 208 valence electrons. The Labute approximate surface area is 229 Å². The van der Waals surface area contributed by atoms with Gasteiger partial charge in [0.1, 0.15) is 22.5 Å². The van der Waals surface area contributed by atoms with Crippen LogP contribution in [0.5, 0.6) is 5.75 Å². The number of fused-ring (bicyclic) bond motifs is 1. The number of aryl methyl sites for hydroxylation is 2. The number of ether oxygens (including phenoxy) is 3. The molecule has 0 aliphatic carbocycles. The number of rotatable bonds is 9. The Balaban J connectivity index is 1.70. The lowest BCUT2D eigenvalue weighted by molar-refractivity contribution is -0.122. The van der Waals surface area contributed by atoms with E-state index in [-0.39, 0.29) is 52.9 Å². The van der Waals surface area contributed by atoms with E-state index >= 15 is 0 Å². The van der Waals surface area contributed by atoms with Crippen LogP contribution in [0.1, 0.15) is 52.8 Å². The molecule has 0 spiro atoms. The lowest BCUT2D eigenvalue weighted by atomic mass is 10.1. The largest absolute Gasteiger partial charge is 0.473 e. The van der Waals surface area contributed by atoms with E-state index in [9.17, 15) is 19.2 Å². The second-order valence-electron chi connectivity index (χ2n) is 8.88. The zero-order valence-corrected chi connectivity index (χ0v) is 22.8. The fourth-order valence-electron chi connectivity index (χ4n) is 4.05. The number of anilines is 1. The highest BCUT2D eigenvalue weighted by molar-refractivity contribution is 6.09. The van der Waals surface area contributed by atoms with Crippen LogP contribution in [0.4, 0.5) is 5.88 Å². The van der Waals surface area contributed by atoms with Crippen molar-refractivity contribution in [2.24, 2.45) is 0 Å². The third kappa shape index (κ3) is 5.61. The van der Waals surface area contributed by atoms with Gasteiger partial charge in [0.15, 0.2) is 11.9 Å². The molecule has 1 N–H and O–H groups in total. The van der Waals surface area contributed by atoms with Crippen molar-refractivity contribution in [1.82, 2.24) is 0 Å². The fraction of sp³-hybridized carbons (Fsp3) is 0.267. The van der Waals surface area contributed by atoms with Gasteiger partial charge in [-0.3, -0.25) is 14.9 Å². The molecule has 1 unspecified atom stereocenters. The number of amides is 1. The molecule has 10 nitrogen and oxygen atoms in total. The fourth-order valence-corrected chi connectivity index (χ4v) is 4.05. The second kappa shape index (κ2) is 11.9. The molecular weight excluding hydrogens is 518 g/mol. The van der Waals surface area contributed by atoms with Gasteiger partial charge in [-0.15, -0.1) is 0 Å². The molecule has 4 rings (SSSR count). The van der Waals surface area contributed by atoms with Gasteiger partial charge in [-0.05, 0) is 46.8 Å². The topological polar surface area (TPSA) is 134 Å². The molecule has 4 aromatic rings. The Morgan fingerprint density at radius 2 is 1.50 bits per heavy atom. The molecule has 0 saturated carbocycles. The summed E-state index contributed by atoms with van der Waals surface area (Å²) < 4.78 is 27.7. The first-order valence-electron chi connectivity index (χ1n) is 12.7. The lowest BCUT2D eigenvalue weighted by Crippen LogP contribution is -2.32. The van der Waals surface area contributed by atoms with Crippen LogP contribution in [-0.2, 0) is 14.3 Å². The summed E-state index contributed by atoms with van der Waals surface area (Å²) in [6.07, 6.45) is -1.25. The van der Waals surface area contributed by atoms with Gasteiger partial charge in [-0.2, -0.15) is 0 Å². The van der Waals surface area contributed by atoms with Crippen LogP contribution in [0.25, 0.3) is 22.3 Å². The maximum atomic E-state index is 13.5. The van der Waals surface area contributed by atoms with Crippen LogP contribution >= 0.6 is 0 Å². The van der Waals surface area contributed by atoms with Gasteiger partial charge in [0.05, 0.1) is 18.6 Å². The van der Waals surface area contributed by atoms with Crippen molar-refractivity contribution >= 4 is 34.7 Å². The third-order valence-corrected chi connectivity index (χ3v) is 6.01. The van der Waals surface area contributed by atoms with Crippen LogP contribution in [0.15, 0.2) is 62.2 Å². The molecule has 2 aromatic carbocycles. The van der Waals surface area contributed by atoms with Gasteiger partial charge < -0.3 is 23.0 Å². The van der Waals surface area contributed by atoms with Crippen molar-refractivity contribution in [3.63, 3.8) is 0 Å². The van der Waals surface area contributed by atoms with Crippen molar-refractivity contribution in [3.8, 4) is 17.1 Å². The van der Waals surface area contributed by atoms with Crippen LogP contribution in [0, 0.1) is 13.8 Å². The van der Waals surface area contributed by atoms with Gasteiger partial charge in [0, 0.05) is 5.56 Å². The standard InChI is InChI=1S/C30H29NO9/c1-6-36-29(34)22-17(4)39-28(23(22)30(35)37-7-2)31-27(33)18(5)38-26-24(32)20-10-8-9-11-21(20)40-25(26)19-14-12-16(3)13-15-19/h8-15,18H,6-7H2,1-5H3,(H,31,33). The Morgan fingerprint density at radius 3 is 2.15 bits per heavy atom. The Hall–Kier alpha value is -4.86. The molecule has 0 fully saturated rings. The minimum atomic E-state index is -1.25. The van der Waals surface area contributed by atoms with Gasteiger partial charge in [-0.25, -0.2) is 9.59 Å². The molecule has 1 atom stereocenters. The highest BCUT2D eigenvalue weighted by Crippen LogP contribution is 2.33. The second-order valence-corrected chi connectivity index (χ2v) is 8.88. The first-order valence-corrected chi connectivity index (χ1v) is 12.7. The summed E-state index contributed by atoms with van der Waals surface area (Å²) >= 11 is 0. The molecule has 10 heteroatoms. The first-order chi connectivity index (χ1) is 19.2. The van der Waals surface area contributed by atoms with Gasteiger partial charge in [0.25, 0.3) is 5.91 Å². The number of carbonyl (C=O) groups is 3. The molecule has 40 heavy (non-hydrogen) atoms. The minimum absolute atomic E-state index is 0.0256. The molecule has 2 aromatic heterocycles. The molecule has 2 heterocycles. The van der Waals surface area contributed by atoms with Crippen molar-refractivity contribution < 1.29 is 37.4 Å². The average molecular weight is 548 g/mol. The summed E-state index contributed by atoms with van der Waals surface area (Å²) in [5.74, 6) is -2.66.